The third kappa shape index (κ3) is 2.34. The zero-order chi connectivity index (χ0) is 13.6. The molecule has 5 saturated carbocycles. The average Bonchev–Trinajstić information content (AvgIpc) is 2.44. The summed E-state index contributed by atoms with van der Waals surface area (Å²) in [4.78, 5) is 0. The Kier molecular flexibility index (Phi) is 3.61. The van der Waals surface area contributed by atoms with Crippen LogP contribution in [0, 0.1) is 29.1 Å². The molecule has 1 nitrogen and oxygen atoms in total. The van der Waals surface area contributed by atoms with Crippen LogP contribution < -0.4 is 5.32 Å². The lowest BCUT2D eigenvalue weighted by Crippen LogP contribution is -2.55. The molecule has 0 spiro atoms. The van der Waals surface area contributed by atoms with Gasteiger partial charge in [-0.2, -0.15) is 0 Å². The zero-order valence-corrected chi connectivity index (χ0v) is 13.4. The Labute approximate surface area is 125 Å². The predicted octanol–water partition coefficient (Wildman–Crippen LogP) is 4.76. The summed E-state index contributed by atoms with van der Waals surface area (Å²) in [5.41, 5.74) is 0.709. The molecule has 20 heavy (non-hydrogen) atoms. The summed E-state index contributed by atoms with van der Waals surface area (Å²) in [6.45, 7) is 0. The molecule has 0 aromatic heterocycles. The quantitative estimate of drug-likeness (QED) is 0.780. The Hall–Kier alpha value is -0.0400. The first-order chi connectivity index (χ1) is 9.77. The van der Waals surface area contributed by atoms with Crippen molar-refractivity contribution in [2.75, 3.05) is 7.05 Å². The Morgan fingerprint density at radius 1 is 0.900 bits per heavy atom. The van der Waals surface area contributed by atoms with E-state index in [9.17, 15) is 0 Å². The molecule has 5 aliphatic rings. The van der Waals surface area contributed by atoms with E-state index in [2.05, 4.69) is 12.4 Å². The molecule has 0 aliphatic heterocycles. The second kappa shape index (κ2) is 5.30. The second-order valence-corrected chi connectivity index (χ2v) is 8.86. The summed E-state index contributed by atoms with van der Waals surface area (Å²) in [5, 5.41) is 3.81. The molecule has 114 valence electrons. The lowest BCUT2D eigenvalue weighted by molar-refractivity contribution is -0.0771. The van der Waals surface area contributed by atoms with Gasteiger partial charge in [0.05, 0.1) is 0 Å². The van der Waals surface area contributed by atoms with E-state index in [0.717, 1.165) is 29.7 Å². The van der Waals surface area contributed by atoms with E-state index >= 15 is 0 Å². The topological polar surface area (TPSA) is 12.0 Å². The number of rotatable bonds is 4. The molecule has 5 rings (SSSR count). The molecule has 0 aromatic rings. The first-order valence-electron chi connectivity index (χ1n) is 9.45. The Bertz CT molecular complexity index is 306. The van der Waals surface area contributed by atoms with Gasteiger partial charge in [-0.1, -0.05) is 32.1 Å². The van der Waals surface area contributed by atoms with Crippen molar-refractivity contribution in [3.05, 3.63) is 0 Å². The van der Waals surface area contributed by atoms with Crippen LogP contribution in [0.3, 0.4) is 0 Å². The summed E-state index contributed by atoms with van der Waals surface area (Å²) < 4.78 is 0. The van der Waals surface area contributed by atoms with Crippen LogP contribution in [-0.2, 0) is 0 Å². The monoisotopic (exact) mass is 275 g/mol. The van der Waals surface area contributed by atoms with Gasteiger partial charge in [0.25, 0.3) is 0 Å². The third-order valence-electron chi connectivity index (χ3n) is 7.47. The summed E-state index contributed by atoms with van der Waals surface area (Å²) in [7, 11) is 2.26. The van der Waals surface area contributed by atoms with Gasteiger partial charge < -0.3 is 5.32 Å². The first kappa shape index (κ1) is 13.6. The Morgan fingerprint density at radius 2 is 1.45 bits per heavy atom. The smallest absolute Gasteiger partial charge is 0.0123 e. The maximum atomic E-state index is 3.81. The third-order valence-corrected chi connectivity index (χ3v) is 7.47. The molecule has 0 heterocycles. The Morgan fingerprint density at radius 3 is 1.95 bits per heavy atom. The maximum absolute atomic E-state index is 3.81. The second-order valence-electron chi connectivity index (χ2n) is 8.86. The molecule has 0 radical (unpaired) electrons. The van der Waals surface area contributed by atoms with Crippen LogP contribution in [0.4, 0.5) is 0 Å². The fraction of sp³-hybridized carbons (Fsp3) is 1.00. The van der Waals surface area contributed by atoms with Crippen LogP contribution in [0.15, 0.2) is 0 Å². The molecule has 5 fully saturated rings. The molecule has 1 unspecified atom stereocenters. The summed E-state index contributed by atoms with van der Waals surface area (Å²) in [6, 6.07) is 0.832. The maximum Gasteiger partial charge on any atom is 0.0123 e. The van der Waals surface area contributed by atoms with Crippen LogP contribution >= 0.6 is 0 Å². The van der Waals surface area contributed by atoms with Crippen LogP contribution in [0.2, 0.25) is 0 Å². The first-order valence-corrected chi connectivity index (χ1v) is 9.45. The number of hydrogen-bond donors (Lipinski definition) is 1. The van der Waals surface area contributed by atoms with E-state index in [0.29, 0.717) is 5.41 Å². The lowest BCUT2D eigenvalue weighted by Gasteiger charge is -2.60. The fourth-order valence-electron chi connectivity index (χ4n) is 7.03. The highest BCUT2D eigenvalue weighted by Gasteiger charge is 2.53. The van der Waals surface area contributed by atoms with Gasteiger partial charge in [0, 0.05) is 6.04 Å². The molecule has 0 saturated heterocycles. The summed E-state index contributed by atoms with van der Waals surface area (Å²) in [6.07, 6.45) is 18.5. The summed E-state index contributed by atoms with van der Waals surface area (Å²) >= 11 is 0. The van der Waals surface area contributed by atoms with Gasteiger partial charge >= 0.3 is 0 Å². The normalized spacial score (nSPS) is 45.8. The van der Waals surface area contributed by atoms with Crippen molar-refractivity contribution in [1.82, 2.24) is 5.32 Å². The van der Waals surface area contributed by atoms with Crippen molar-refractivity contribution in [2.45, 2.75) is 83.1 Å². The van der Waals surface area contributed by atoms with Crippen molar-refractivity contribution in [3.8, 4) is 0 Å². The van der Waals surface area contributed by atoms with Crippen LogP contribution in [0.25, 0.3) is 0 Å². The van der Waals surface area contributed by atoms with Gasteiger partial charge in [-0.3, -0.25) is 0 Å². The molecule has 1 atom stereocenters. The van der Waals surface area contributed by atoms with E-state index < -0.39 is 0 Å². The van der Waals surface area contributed by atoms with Crippen molar-refractivity contribution in [3.63, 3.8) is 0 Å². The molecular weight excluding hydrogens is 242 g/mol. The van der Waals surface area contributed by atoms with Gasteiger partial charge in [0.15, 0.2) is 0 Å². The SMILES string of the molecule is CNC(CC1CCCCC1)C12CC3CC(CC(C3)C1)C2. The highest BCUT2D eigenvalue weighted by Crippen LogP contribution is 2.62. The van der Waals surface area contributed by atoms with Crippen LogP contribution in [0.1, 0.15) is 77.0 Å². The molecule has 1 N–H and O–H groups in total. The minimum Gasteiger partial charge on any atom is -0.316 e. The number of nitrogens with one attached hydrogen (secondary N) is 1. The van der Waals surface area contributed by atoms with Crippen molar-refractivity contribution in [2.24, 2.45) is 29.1 Å². The molecule has 0 aromatic carbocycles. The average molecular weight is 275 g/mol. The lowest BCUT2D eigenvalue weighted by atomic mass is 9.47. The summed E-state index contributed by atoms with van der Waals surface area (Å²) in [5.74, 6) is 4.34. The van der Waals surface area contributed by atoms with Crippen molar-refractivity contribution < 1.29 is 0 Å². The predicted molar refractivity (Wildman–Crippen MR) is 84.6 cm³/mol. The van der Waals surface area contributed by atoms with Gasteiger partial charge in [-0.05, 0) is 81.1 Å². The van der Waals surface area contributed by atoms with Crippen LogP contribution in [-0.4, -0.2) is 13.1 Å². The van der Waals surface area contributed by atoms with Gasteiger partial charge in [-0.25, -0.2) is 0 Å². The number of hydrogen-bond acceptors (Lipinski definition) is 1. The minimum atomic E-state index is 0.709. The van der Waals surface area contributed by atoms with E-state index in [1.807, 2.05) is 0 Å². The van der Waals surface area contributed by atoms with E-state index in [1.165, 1.54) is 38.5 Å². The molecule has 0 amide bonds. The minimum absolute atomic E-state index is 0.709. The highest BCUT2D eigenvalue weighted by atomic mass is 14.9. The largest absolute Gasteiger partial charge is 0.316 e. The Balaban J connectivity index is 1.48. The van der Waals surface area contributed by atoms with Crippen LogP contribution in [0.5, 0.6) is 0 Å². The van der Waals surface area contributed by atoms with Gasteiger partial charge in [0.1, 0.15) is 0 Å². The van der Waals surface area contributed by atoms with Crippen molar-refractivity contribution in [1.29, 1.82) is 0 Å². The molecular formula is C19H33N. The van der Waals surface area contributed by atoms with E-state index in [1.54, 1.807) is 38.5 Å². The van der Waals surface area contributed by atoms with E-state index in [4.69, 9.17) is 0 Å². The zero-order valence-electron chi connectivity index (χ0n) is 13.4. The fourth-order valence-corrected chi connectivity index (χ4v) is 7.03. The molecule has 5 aliphatic carbocycles. The van der Waals surface area contributed by atoms with Gasteiger partial charge in [0.2, 0.25) is 0 Å². The van der Waals surface area contributed by atoms with E-state index in [-0.39, 0.29) is 0 Å². The molecule has 4 bridgehead atoms. The molecule has 1 heteroatoms. The van der Waals surface area contributed by atoms with Crippen molar-refractivity contribution >= 4 is 0 Å². The van der Waals surface area contributed by atoms with Gasteiger partial charge in [-0.15, -0.1) is 0 Å². The highest BCUT2D eigenvalue weighted by molar-refractivity contribution is 5.06. The standard InChI is InChI=1S/C19H33N/c1-20-18(10-14-5-3-2-4-6-14)19-11-15-7-16(12-19)9-17(8-15)13-19/h14-18,20H,2-13H2,1H3.